The maximum absolute atomic E-state index is 12.7. The zero-order chi connectivity index (χ0) is 22.0. The minimum atomic E-state index is -0.217. The van der Waals surface area contributed by atoms with Crippen LogP contribution in [-0.4, -0.2) is 33.9 Å². The van der Waals surface area contributed by atoms with E-state index in [1.807, 2.05) is 0 Å². The Morgan fingerprint density at radius 1 is 0.733 bits per heavy atom. The Hall–Kier alpha value is -3.16. The Morgan fingerprint density at radius 3 is 1.37 bits per heavy atom. The summed E-state index contributed by atoms with van der Waals surface area (Å²) < 4.78 is 0. The number of hydrogen-bond donors (Lipinski definition) is 4. The first-order valence-corrected chi connectivity index (χ1v) is 10.2. The third-order valence-electron chi connectivity index (χ3n) is 5.71. The minimum Gasteiger partial charge on any atom is -0.349 e. The number of pyridine rings is 2. The Bertz CT molecular complexity index is 951. The second kappa shape index (κ2) is 8.69. The number of aromatic amines is 2. The van der Waals surface area contributed by atoms with Crippen molar-refractivity contribution in [1.29, 1.82) is 0 Å². The number of nitrogens with one attached hydrogen (secondary N) is 4. The van der Waals surface area contributed by atoms with E-state index in [1.165, 1.54) is 12.1 Å². The molecule has 2 aromatic rings. The molecule has 2 aromatic heterocycles. The molecule has 2 amide bonds. The smallest absolute Gasteiger partial charge is 0.253 e. The van der Waals surface area contributed by atoms with E-state index in [2.05, 4.69) is 20.6 Å². The van der Waals surface area contributed by atoms with Crippen LogP contribution in [0.3, 0.4) is 0 Å². The van der Waals surface area contributed by atoms with Crippen LogP contribution in [0.5, 0.6) is 0 Å². The number of hydrogen-bond acceptors (Lipinski definition) is 4. The largest absolute Gasteiger partial charge is 0.349 e. The summed E-state index contributed by atoms with van der Waals surface area (Å²) >= 11 is 0. The lowest BCUT2D eigenvalue weighted by molar-refractivity contribution is 0.0890. The topological polar surface area (TPSA) is 124 Å². The standard InChI is InChI=1S/C22H28N4O4/c1-11-9-17(27)23-13(3)19(11)21(29)25-15-5-7-16(8-6-15)26-22(30)20-12(2)10-18(28)24-14(20)4/h9-10,15-16H,5-8H2,1-4H3,(H,23,27)(H,24,28)(H,25,29)(H,26,30). The highest BCUT2D eigenvalue weighted by Gasteiger charge is 2.26. The molecule has 0 radical (unpaired) electrons. The van der Waals surface area contributed by atoms with Gasteiger partial charge in [0.05, 0.1) is 11.1 Å². The second-order valence-electron chi connectivity index (χ2n) is 8.13. The molecule has 4 N–H and O–H groups in total. The van der Waals surface area contributed by atoms with Crippen molar-refractivity contribution in [2.24, 2.45) is 0 Å². The molecule has 0 spiro atoms. The van der Waals surface area contributed by atoms with Crippen molar-refractivity contribution in [2.75, 3.05) is 0 Å². The summed E-state index contributed by atoms with van der Waals surface area (Å²) in [4.78, 5) is 53.7. The molecule has 0 aromatic carbocycles. The van der Waals surface area contributed by atoms with Crippen molar-refractivity contribution < 1.29 is 9.59 Å². The average Bonchev–Trinajstić information content (AvgIpc) is 2.61. The fourth-order valence-electron chi connectivity index (χ4n) is 4.29. The predicted octanol–water partition coefficient (Wildman–Crippen LogP) is 1.77. The third-order valence-corrected chi connectivity index (χ3v) is 5.71. The normalized spacial score (nSPS) is 18.7. The lowest BCUT2D eigenvalue weighted by Crippen LogP contribution is -2.44. The van der Waals surface area contributed by atoms with Crippen molar-refractivity contribution in [2.45, 2.75) is 65.5 Å². The summed E-state index contributed by atoms with van der Waals surface area (Å²) in [6, 6.07) is 2.89. The Morgan fingerprint density at radius 2 is 1.07 bits per heavy atom. The molecule has 1 aliphatic carbocycles. The number of amides is 2. The number of carbonyl (C=O) groups excluding carboxylic acids is 2. The maximum Gasteiger partial charge on any atom is 0.253 e. The zero-order valence-corrected chi connectivity index (χ0v) is 17.8. The van der Waals surface area contributed by atoms with E-state index in [0.717, 1.165) is 25.7 Å². The van der Waals surface area contributed by atoms with Gasteiger partial charge in [0.25, 0.3) is 11.8 Å². The molecule has 0 bridgehead atoms. The first kappa shape index (κ1) is 21.5. The van der Waals surface area contributed by atoms with Crippen LogP contribution >= 0.6 is 0 Å². The first-order valence-electron chi connectivity index (χ1n) is 10.2. The molecule has 30 heavy (non-hydrogen) atoms. The van der Waals surface area contributed by atoms with E-state index in [4.69, 9.17) is 0 Å². The molecule has 160 valence electrons. The molecule has 1 fully saturated rings. The highest BCUT2D eigenvalue weighted by Crippen LogP contribution is 2.21. The van der Waals surface area contributed by atoms with Crippen LogP contribution in [0.15, 0.2) is 21.7 Å². The molecule has 3 rings (SSSR count). The number of rotatable bonds is 4. The van der Waals surface area contributed by atoms with Gasteiger partial charge in [-0.3, -0.25) is 19.2 Å². The van der Waals surface area contributed by atoms with Crippen LogP contribution in [0.4, 0.5) is 0 Å². The monoisotopic (exact) mass is 412 g/mol. The first-order chi connectivity index (χ1) is 14.2. The van der Waals surface area contributed by atoms with Crippen LogP contribution < -0.4 is 21.8 Å². The number of aryl methyl sites for hydroxylation is 4. The summed E-state index contributed by atoms with van der Waals surface area (Å²) in [5.41, 5.74) is 3.01. The molecule has 1 saturated carbocycles. The van der Waals surface area contributed by atoms with Gasteiger partial charge in [-0.15, -0.1) is 0 Å². The molecular weight excluding hydrogens is 384 g/mol. The van der Waals surface area contributed by atoms with Gasteiger partial charge >= 0.3 is 0 Å². The molecule has 8 heteroatoms. The van der Waals surface area contributed by atoms with Crippen molar-refractivity contribution >= 4 is 11.8 Å². The fraction of sp³-hybridized carbons (Fsp3) is 0.455. The van der Waals surface area contributed by atoms with Crippen molar-refractivity contribution in [3.8, 4) is 0 Å². The van der Waals surface area contributed by atoms with E-state index in [0.29, 0.717) is 33.6 Å². The fourth-order valence-corrected chi connectivity index (χ4v) is 4.29. The second-order valence-corrected chi connectivity index (χ2v) is 8.13. The molecule has 0 saturated heterocycles. The molecule has 8 nitrogen and oxygen atoms in total. The van der Waals surface area contributed by atoms with Gasteiger partial charge in [0.2, 0.25) is 11.1 Å². The lowest BCUT2D eigenvalue weighted by Gasteiger charge is -2.30. The Balaban J connectivity index is 1.58. The van der Waals surface area contributed by atoms with E-state index in [-0.39, 0.29) is 35.0 Å². The number of aromatic nitrogens is 2. The van der Waals surface area contributed by atoms with E-state index >= 15 is 0 Å². The highest BCUT2D eigenvalue weighted by molar-refractivity contribution is 5.97. The third kappa shape index (κ3) is 4.69. The molecular formula is C22H28N4O4. The zero-order valence-electron chi connectivity index (χ0n) is 17.8. The quantitative estimate of drug-likeness (QED) is 0.611. The molecule has 0 unspecified atom stereocenters. The molecule has 0 atom stereocenters. The van der Waals surface area contributed by atoms with Crippen molar-refractivity contribution in [3.63, 3.8) is 0 Å². The van der Waals surface area contributed by atoms with Gasteiger partial charge in [0.15, 0.2) is 0 Å². The van der Waals surface area contributed by atoms with Gasteiger partial charge in [0.1, 0.15) is 0 Å². The van der Waals surface area contributed by atoms with Crippen LogP contribution in [0.1, 0.15) is 68.9 Å². The van der Waals surface area contributed by atoms with Crippen molar-refractivity contribution in [1.82, 2.24) is 20.6 Å². The Kier molecular flexibility index (Phi) is 6.24. The highest BCUT2D eigenvalue weighted by atomic mass is 16.2. The lowest BCUT2D eigenvalue weighted by atomic mass is 9.90. The number of H-pyrrole nitrogens is 2. The molecule has 0 aliphatic heterocycles. The van der Waals surface area contributed by atoms with Crippen LogP contribution in [0, 0.1) is 27.7 Å². The predicted molar refractivity (Wildman–Crippen MR) is 114 cm³/mol. The van der Waals surface area contributed by atoms with Gasteiger partial charge in [-0.2, -0.15) is 0 Å². The van der Waals surface area contributed by atoms with Gasteiger partial charge in [-0.1, -0.05) is 0 Å². The SMILES string of the molecule is Cc1cc(=O)[nH]c(C)c1C(=O)NC1CCC(NC(=O)c2c(C)cc(=O)[nH]c2C)CC1. The van der Waals surface area contributed by atoms with Crippen molar-refractivity contribution in [3.05, 3.63) is 66.5 Å². The van der Waals surface area contributed by atoms with Crippen LogP contribution in [0.2, 0.25) is 0 Å². The van der Waals surface area contributed by atoms with Gasteiger partial charge < -0.3 is 20.6 Å². The van der Waals surface area contributed by atoms with Crippen LogP contribution in [0.25, 0.3) is 0 Å². The summed E-state index contributed by atoms with van der Waals surface area (Å²) in [6.07, 6.45) is 3.01. The van der Waals surface area contributed by atoms with Gasteiger partial charge in [0, 0.05) is 35.6 Å². The molecule has 1 aliphatic rings. The number of carbonyl (C=O) groups is 2. The van der Waals surface area contributed by atoms with Crippen LogP contribution in [-0.2, 0) is 0 Å². The van der Waals surface area contributed by atoms with Gasteiger partial charge in [-0.25, -0.2) is 0 Å². The summed E-state index contributed by atoms with van der Waals surface area (Å²) in [6.45, 7) is 6.95. The van der Waals surface area contributed by atoms with E-state index in [9.17, 15) is 19.2 Å². The minimum absolute atomic E-state index is 0.0212. The van der Waals surface area contributed by atoms with E-state index < -0.39 is 0 Å². The summed E-state index contributed by atoms with van der Waals surface area (Å²) in [7, 11) is 0. The summed E-state index contributed by atoms with van der Waals surface area (Å²) in [5, 5.41) is 6.11. The summed E-state index contributed by atoms with van der Waals surface area (Å²) in [5.74, 6) is -0.374. The molecule has 2 heterocycles. The Labute approximate surface area is 174 Å². The maximum atomic E-state index is 12.7. The van der Waals surface area contributed by atoms with E-state index in [1.54, 1.807) is 27.7 Å². The van der Waals surface area contributed by atoms with Gasteiger partial charge in [-0.05, 0) is 64.5 Å². The average molecular weight is 412 g/mol.